The summed E-state index contributed by atoms with van der Waals surface area (Å²) >= 11 is 3.42. The van der Waals surface area contributed by atoms with Crippen LogP contribution in [0.25, 0.3) is 0 Å². The van der Waals surface area contributed by atoms with Crippen LogP contribution in [0.1, 0.15) is 6.92 Å². The molecule has 0 atom stereocenters. The Morgan fingerprint density at radius 2 is 1.92 bits per heavy atom. The fraction of sp³-hybridized carbons (Fsp3) is 0.429. The van der Waals surface area contributed by atoms with Crippen LogP contribution < -0.4 is 0 Å². The van der Waals surface area contributed by atoms with E-state index in [4.69, 9.17) is 5.11 Å². The smallest absolute Gasteiger partial charge is 0.332 e. The Hall–Kier alpha value is -0.970. The lowest BCUT2D eigenvalue weighted by molar-refractivity contribution is -0.136. The first-order valence-corrected chi connectivity index (χ1v) is 3.65. The molecule has 0 rings (SSSR count). The lowest BCUT2D eigenvalue weighted by Gasteiger charge is -1.91. The van der Waals surface area contributed by atoms with Crippen LogP contribution in [0.4, 0.5) is 0 Å². The summed E-state index contributed by atoms with van der Waals surface area (Å²) in [7, 11) is 1.33. The monoisotopic (exact) mass is 192 g/mol. The molecule has 0 aliphatic carbocycles. The summed E-state index contributed by atoms with van der Waals surface area (Å²) in [5.74, 6) is -1.31. The molecular weight excluding hydrogens is 180 g/mol. The number of ether oxygens (including phenoxy) is 1. The predicted molar refractivity (Wildman–Crippen MR) is 48.3 cm³/mol. The van der Waals surface area contributed by atoms with Gasteiger partial charge in [-0.25, -0.2) is 4.79 Å². The SMILES string of the molecule is C=C(C)C(=O)OC.O=C(O)CS. The first-order valence-electron chi connectivity index (χ1n) is 3.02. The number of methoxy groups -OCH3 is 1. The van der Waals surface area contributed by atoms with E-state index in [2.05, 4.69) is 23.9 Å². The van der Waals surface area contributed by atoms with E-state index in [0.717, 1.165) is 0 Å². The molecule has 0 aromatic rings. The Labute approximate surface area is 76.6 Å². The Kier molecular flexibility index (Phi) is 9.22. The maximum Gasteiger partial charge on any atom is 0.332 e. The summed E-state index contributed by atoms with van der Waals surface area (Å²) in [6.45, 7) is 4.95. The lowest BCUT2D eigenvalue weighted by atomic mass is 10.4. The van der Waals surface area contributed by atoms with E-state index in [0.29, 0.717) is 5.57 Å². The largest absolute Gasteiger partial charge is 0.481 e. The molecule has 1 N–H and O–H groups in total. The van der Waals surface area contributed by atoms with Gasteiger partial charge in [-0.15, -0.1) is 0 Å². The summed E-state index contributed by atoms with van der Waals surface area (Å²) in [4.78, 5) is 19.5. The molecule has 4 nitrogen and oxygen atoms in total. The van der Waals surface area contributed by atoms with Crippen molar-refractivity contribution in [2.45, 2.75) is 6.92 Å². The van der Waals surface area contributed by atoms with Gasteiger partial charge in [0, 0.05) is 5.57 Å². The van der Waals surface area contributed by atoms with Gasteiger partial charge in [-0.3, -0.25) is 4.79 Å². The molecule has 0 spiro atoms. The number of hydrogen-bond acceptors (Lipinski definition) is 4. The van der Waals surface area contributed by atoms with E-state index in [1.807, 2.05) is 0 Å². The highest BCUT2D eigenvalue weighted by Crippen LogP contribution is 1.87. The van der Waals surface area contributed by atoms with Crippen molar-refractivity contribution < 1.29 is 19.4 Å². The van der Waals surface area contributed by atoms with Crippen molar-refractivity contribution in [2.24, 2.45) is 0 Å². The third-order valence-electron chi connectivity index (χ3n) is 0.669. The number of carboxylic acids is 1. The molecule has 0 radical (unpaired) electrons. The van der Waals surface area contributed by atoms with E-state index in [-0.39, 0.29) is 11.7 Å². The molecule has 0 aromatic carbocycles. The average molecular weight is 192 g/mol. The Morgan fingerprint density at radius 3 is 1.92 bits per heavy atom. The topological polar surface area (TPSA) is 63.6 Å². The third kappa shape index (κ3) is 11.8. The Bertz CT molecular complexity index is 176. The lowest BCUT2D eigenvalue weighted by Crippen LogP contribution is -1.98. The maximum absolute atomic E-state index is 10.2. The minimum absolute atomic E-state index is 0.0833. The minimum Gasteiger partial charge on any atom is -0.481 e. The van der Waals surface area contributed by atoms with Gasteiger partial charge in [0.25, 0.3) is 0 Å². The van der Waals surface area contributed by atoms with Gasteiger partial charge in [-0.05, 0) is 6.92 Å². The van der Waals surface area contributed by atoms with Crippen LogP contribution in [0.2, 0.25) is 0 Å². The predicted octanol–water partition coefficient (Wildman–Crippen LogP) is 0.736. The highest BCUT2D eigenvalue weighted by Gasteiger charge is 1.95. The second-order valence-electron chi connectivity index (χ2n) is 1.82. The van der Waals surface area contributed by atoms with Crippen LogP contribution in [0.5, 0.6) is 0 Å². The minimum atomic E-state index is -0.881. The van der Waals surface area contributed by atoms with E-state index < -0.39 is 5.97 Å². The molecule has 0 bridgehead atoms. The molecule has 0 saturated heterocycles. The maximum atomic E-state index is 10.2. The van der Waals surface area contributed by atoms with Crippen LogP contribution in [-0.4, -0.2) is 29.9 Å². The molecule has 0 aliphatic heterocycles. The number of carbonyl (C=O) groups excluding carboxylic acids is 1. The third-order valence-corrected chi connectivity index (χ3v) is 0.940. The van der Waals surface area contributed by atoms with Gasteiger partial charge in [-0.1, -0.05) is 6.58 Å². The van der Waals surface area contributed by atoms with Crippen LogP contribution in [0, 0.1) is 0 Å². The average Bonchev–Trinajstić information content (AvgIpc) is 2.04. The van der Waals surface area contributed by atoms with Gasteiger partial charge in [0.1, 0.15) is 0 Å². The van der Waals surface area contributed by atoms with Crippen molar-refractivity contribution in [3.63, 3.8) is 0 Å². The van der Waals surface area contributed by atoms with Gasteiger partial charge in [0.15, 0.2) is 0 Å². The van der Waals surface area contributed by atoms with Crippen molar-refractivity contribution in [1.29, 1.82) is 0 Å². The molecule has 0 amide bonds. The first kappa shape index (κ1) is 13.6. The number of aliphatic carboxylic acids is 1. The molecule has 0 heterocycles. The molecule has 0 saturated carbocycles. The molecule has 5 heteroatoms. The van der Waals surface area contributed by atoms with E-state index >= 15 is 0 Å². The van der Waals surface area contributed by atoms with E-state index in [9.17, 15) is 9.59 Å². The van der Waals surface area contributed by atoms with Gasteiger partial charge < -0.3 is 9.84 Å². The second kappa shape index (κ2) is 8.13. The zero-order valence-corrected chi connectivity index (χ0v) is 7.93. The number of hydrogen-bond donors (Lipinski definition) is 2. The standard InChI is InChI=1S/C5H8O2.C2H4O2S/c1-4(2)5(6)7-3;3-2(4)1-5/h1H2,2-3H3;5H,1H2,(H,3,4). The van der Waals surface area contributed by atoms with E-state index in [1.54, 1.807) is 6.92 Å². The van der Waals surface area contributed by atoms with E-state index in [1.165, 1.54) is 7.11 Å². The quantitative estimate of drug-likeness (QED) is 0.385. The number of rotatable bonds is 2. The highest BCUT2D eigenvalue weighted by molar-refractivity contribution is 7.81. The summed E-state index contributed by atoms with van der Waals surface area (Å²) in [6.07, 6.45) is 0. The molecule has 0 aromatic heterocycles. The number of carbonyl (C=O) groups is 2. The number of esters is 1. The van der Waals surface area contributed by atoms with Crippen molar-refractivity contribution in [1.82, 2.24) is 0 Å². The van der Waals surface area contributed by atoms with Crippen LogP contribution in [-0.2, 0) is 14.3 Å². The number of thiol groups is 1. The van der Waals surface area contributed by atoms with Crippen LogP contribution in [0.15, 0.2) is 12.2 Å². The Morgan fingerprint density at radius 1 is 1.58 bits per heavy atom. The van der Waals surface area contributed by atoms with Gasteiger partial charge in [-0.2, -0.15) is 12.6 Å². The van der Waals surface area contributed by atoms with Gasteiger partial charge in [0.2, 0.25) is 0 Å². The molecule has 0 fully saturated rings. The molecule has 0 unspecified atom stereocenters. The first-order chi connectivity index (χ1) is 5.45. The molecular formula is C7H12O4S. The summed E-state index contributed by atoms with van der Waals surface area (Å²) < 4.78 is 4.27. The van der Waals surface area contributed by atoms with Crippen molar-refractivity contribution >= 4 is 24.6 Å². The fourth-order valence-electron chi connectivity index (χ4n) is 0.174. The Balaban J connectivity index is 0. The zero-order valence-electron chi connectivity index (χ0n) is 7.03. The number of carboxylic acid groups (broad SMARTS) is 1. The normalized spacial score (nSPS) is 7.58. The highest BCUT2D eigenvalue weighted by atomic mass is 32.1. The summed E-state index contributed by atoms with van der Waals surface area (Å²) in [6, 6.07) is 0. The molecule has 12 heavy (non-hydrogen) atoms. The molecule has 70 valence electrons. The second-order valence-corrected chi connectivity index (χ2v) is 2.14. The fourth-order valence-corrected chi connectivity index (χ4v) is 0.174. The zero-order chi connectivity index (χ0) is 10.1. The summed E-state index contributed by atoms with van der Waals surface area (Å²) in [5.41, 5.74) is 0.433. The summed E-state index contributed by atoms with van der Waals surface area (Å²) in [5, 5.41) is 7.65. The van der Waals surface area contributed by atoms with Gasteiger partial charge in [0.05, 0.1) is 12.9 Å². The van der Waals surface area contributed by atoms with Gasteiger partial charge >= 0.3 is 11.9 Å². The van der Waals surface area contributed by atoms with Crippen molar-refractivity contribution in [2.75, 3.05) is 12.9 Å². The van der Waals surface area contributed by atoms with Crippen molar-refractivity contribution in [3.8, 4) is 0 Å². The molecule has 0 aliphatic rings. The van der Waals surface area contributed by atoms with Crippen LogP contribution >= 0.6 is 12.6 Å². The van der Waals surface area contributed by atoms with Crippen LogP contribution in [0.3, 0.4) is 0 Å². The van der Waals surface area contributed by atoms with Crippen molar-refractivity contribution in [3.05, 3.63) is 12.2 Å².